The van der Waals surface area contributed by atoms with Gasteiger partial charge in [-0.15, -0.1) is 0 Å². The Kier molecular flexibility index (Phi) is 5.92. The first kappa shape index (κ1) is 14.5. The summed E-state index contributed by atoms with van der Waals surface area (Å²) in [5.74, 6) is 0.914. The van der Waals surface area contributed by atoms with Crippen LogP contribution in [0.3, 0.4) is 0 Å². The number of ether oxygens (including phenoxy) is 1. The van der Waals surface area contributed by atoms with E-state index in [-0.39, 0.29) is 11.3 Å². The summed E-state index contributed by atoms with van der Waals surface area (Å²) in [4.78, 5) is 11.6. The van der Waals surface area contributed by atoms with Crippen molar-refractivity contribution >= 4 is 5.91 Å². The third-order valence-electron chi connectivity index (χ3n) is 3.16. The Morgan fingerprint density at radius 1 is 1.41 bits per heavy atom. The first-order valence-corrected chi connectivity index (χ1v) is 6.50. The summed E-state index contributed by atoms with van der Waals surface area (Å²) in [6, 6.07) is 0. The van der Waals surface area contributed by atoms with Crippen LogP contribution >= 0.6 is 0 Å². The van der Waals surface area contributed by atoms with E-state index in [2.05, 4.69) is 24.5 Å². The van der Waals surface area contributed by atoms with Gasteiger partial charge in [0.15, 0.2) is 0 Å². The molecular formula is C13H26N2O2. The molecule has 0 aliphatic heterocycles. The highest BCUT2D eigenvalue weighted by Gasteiger charge is 2.21. The van der Waals surface area contributed by atoms with E-state index in [4.69, 9.17) is 4.74 Å². The smallest absolute Gasteiger partial charge is 0.233 e. The quantitative estimate of drug-likeness (QED) is 0.638. The Morgan fingerprint density at radius 3 is 2.71 bits per heavy atom. The summed E-state index contributed by atoms with van der Waals surface area (Å²) in [5, 5.41) is 6.16. The summed E-state index contributed by atoms with van der Waals surface area (Å²) in [6.45, 7) is 7.16. The predicted molar refractivity (Wildman–Crippen MR) is 68.9 cm³/mol. The molecule has 1 aliphatic rings. The lowest BCUT2D eigenvalue weighted by Gasteiger charge is -2.24. The van der Waals surface area contributed by atoms with Crippen molar-refractivity contribution in [3.05, 3.63) is 0 Å². The second-order valence-corrected chi connectivity index (χ2v) is 5.76. The number of carbonyl (C=O) groups excluding carboxylic acids is 1. The number of nitrogens with one attached hydrogen (secondary N) is 2. The van der Waals surface area contributed by atoms with Gasteiger partial charge < -0.3 is 15.4 Å². The Balaban J connectivity index is 2.04. The summed E-state index contributed by atoms with van der Waals surface area (Å²) in [7, 11) is 1.70. The molecule has 0 saturated heterocycles. The van der Waals surface area contributed by atoms with Crippen LogP contribution in [0.2, 0.25) is 0 Å². The second kappa shape index (κ2) is 6.97. The number of methoxy groups -OCH3 is 1. The minimum atomic E-state index is 0.0936. The first-order valence-electron chi connectivity index (χ1n) is 6.50. The van der Waals surface area contributed by atoms with Crippen molar-refractivity contribution in [1.82, 2.24) is 10.6 Å². The Hall–Kier alpha value is -0.610. The van der Waals surface area contributed by atoms with Gasteiger partial charge in [-0.2, -0.15) is 0 Å². The third-order valence-corrected chi connectivity index (χ3v) is 3.16. The van der Waals surface area contributed by atoms with Crippen molar-refractivity contribution in [3.8, 4) is 0 Å². The molecule has 0 unspecified atom stereocenters. The van der Waals surface area contributed by atoms with Crippen molar-refractivity contribution in [2.24, 2.45) is 11.3 Å². The zero-order valence-corrected chi connectivity index (χ0v) is 11.3. The molecule has 0 bridgehead atoms. The van der Waals surface area contributed by atoms with E-state index in [1.165, 1.54) is 12.8 Å². The molecule has 1 aliphatic carbocycles. The zero-order chi connectivity index (χ0) is 12.7. The largest absolute Gasteiger partial charge is 0.385 e. The molecule has 1 rings (SSSR count). The molecule has 0 aromatic rings. The van der Waals surface area contributed by atoms with Crippen molar-refractivity contribution in [3.63, 3.8) is 0 Å². The fourth-order valence-electron chi connectivity index (χ4n) is 1.58. The summed E-state index contributed by atoms with van der Waals surface area (Å²) >= 11 is 0. The summed E-state index contributed by atoms with van der Waals surface area (Å²) in [5.41, 5.74) is 0.0994. The molecule has 0 atom stereocenters. The van der Waals surface area contributed by atoms with Gasteiger partial charge >= 0.3 is 0 Å². The minimum absolute atomic E-state index is 0.0936. The van der Waals surface area contributed by atoms with Crippen molar-refractivity contribution < 1.29 is 9.53 Å². The number of amides is 1. The van der Waals surface area contributed by atoms with Crippen LogP contribution in [0.15, 0.2) is 0 Å². The van der Waals surface area contributed by atoms with Gasteiger partial charge in [0.2, 0.25) is 5.91 Å². The average molecular weight is 242 g/mol. The van der Waals surface area contributed by atoms with Gasteiger partial charge in [-0.3, -0.25) is 4.79 Å². The van der Waals surface area contributed by atoms with Crippen molar-refractivity contribution in [2.45, 2.75) is 33.1 Å². The second-order valence-electron chi connectivity index (χ2n) is 5.76. The molecule has 0 aromatic heterocycles. The van der Waals surface area contributed by atoms with E-state index >= 15 is 0 Å². The van der Waals surface area contributed by atoms with Gasteiger partial charge in [0.1, 0.15) is 0 Å². The van der Waals surface area contributed by atoms with Crippen LogP contribution in [0.5, 0.6) is 0 Å². The van der Waals surface area contributed by atoms with E-state index in [0.29, 0.717) is 13.1 Å². The summed E-state index contributed by atoms with van der Waals surface area (Å²) < 4.78 is 5.06. The standard InChI is InChI=1S/C13H26N2O2/c1-13(2,6-7-17-3)10-15-12(16)9-14-8-11-4-5-11/h11,14H,4-10H2,1-3H3,(H,15,16). The average Bonchev–Trinajstić information content (AvgIpc) is 3.08. The van der Waals surface area contributed by atoms with E-state index in [0.717, 1.165) is 25.5 Å². The monoisotopic (exact) mass is 242 g/mol. The molecule has 2 N–H and O–H groups in total. The van der Waals surface area contributed by atoms with Crippen LogP contribution in [0, 0.1) is 11.3 Å². The zero-order valence-electron chi connectivity index (χ0n) is 11.3. The van der Waals surface area contributed by atoms with Crippen molar-refractivity contribution in [2.75, 3.05) is 33.4 Å². The maximum atomic E-state index is 11.6. The number of hydrogen-bond donors (Lipinski definition) is 2. The van der Waals surface area contributed by atoms with Crippen LogP contribution in [-0.4, -0.2) is 39.3 Å². The van der Waals surface area contributed by atoms with Gasteiger partial charge in [-0.25, -0.2) is 0 Å². The minimum Gasteiger partial charge on any atom is -0.385 e. The predicted octanol–water partition coefficient (Wildman–Crippen LogP) is 1.16. The van der Waals surface area contributed by atoms with Gasteiger partial charge in [0.25, 0.3) is 0 Å². The highest BCUT2D eigenvalue weighted by molar-refractivity contribution is 5.78. The van der Waals surface area contributed by atoms with Crippen LogP contribution in [0.4, 0.5) is 0 Å². The molecule has 17 heavy (non-hydrogen) atoms. The molecule has 4 heteroatoms. The highest BCUT2D eigenvalue weighted by atomic mass is 16.5. The van der Waals surface area contributed by atoms with E-state index in [1.54, 1.807) is 7.11 Å². The lowest BCUT2D eigenvalue weighted by molar-refractivity contribution is -0.120. The molecule has 0 heterocycles. The normalized spacial score (nSPS) is 15.9. The topological polar surface area (TPSA) is 50.4 Å². The lowest BCUT2D eigenvalue weighted by Crippen LogP contribution is -2.40. The first-order chi connectivity index (χ1) is 8.03. The summed E-state index contributed by atoms with van der Waals surface area (Å²) in [6.07, 6.45) is 3.59. The molecular weight excluding hydrogens is 216 g/mol. The fourth-order valence-corrected chi connectivity index (χ4v) is 1.58. The van der Waals surface area contributed by atoms with Gasteiger partial charge in [0, 0.05) is 20.3 Å². The van der Waals surface area contributed by atoms with E-state index in [1.807, 2.05) is 0 Å². The van der Waals surface area contributed by atoms with Gasteiger partial charge in [-0.05, 0) is 37.1 Å². The maximum absolute atomic E-state index is 11.6. The van der Waals surface area contributed by atoms with E-state index < -0.39 is 0 Å². The van der Waals surface area contributed by atoms with Crippen molar-refractivity contribution in [1.29, 1.82) is 0 Å². The van der Waals surface area contributed by atoms with Crippen LogP contribution < -0.4 is 10.6 Å². The molecule has 100 valence electrons. The number of rotatable bonds is 9. The maximum Gasteiger partial charge on any atom is 0.233 e. The third kappa shape index (κ3) is 7.34. The molecule has 0 radical (unpaired) electrons. The molecule has 4 nitrogen and oxygen atoms in total. The van der Waals surface area contributed by atoms with Crippen LogP contribution in [0.1, 0.15) is 33.1 Å². The highest BCUT2D eigenvalue weighted by Crippen LogP contribution is 2.27. The molecule has 1 amide bonds. The van der Waals surface area contributed by atoms with Gasteiger partial charge in [0.05, 0.1) is 6.54 Å². The molecule has 0 aromatic carbocycles. The van der Waals surface area contributed by atoms with Crippen LogP contribution in [0.25, 0.3) is 0 Å². The number of hydrogen-bond acceptors (Lipinski definition) is 3. The lowest BCUT2D eigenvalue weighted by atomic mass is 9.90. The molecule has 1 fully saturated rings. The Labute approximate surface area is 104 Å². The number of carbonyl (C=O) groups is 1. The molecule has 1 saturated carbocycles. The Bertz CT molecular complexity index is 238. The van der Waals surface area contributed by atoms with E-state index in [9.17, 15) is 4.79 Å². The SMILES string of the molecule is COCCC(C)(C)CNC(=O)CNCC1CC1. The van der Waals surface area contributed by atoms with Crippen LogP contribution in [-0.2, 0) is 9.53 Å². The Morgan fingerprint density at radius 2 is 2.12 bits per heavy atom. The molecule has 0 spiro atoms. The van der Waals surface area contributed by atoms with Gasteiger partial charge in [-0.1, -0.05) is 13.8 Å². The fraction of sp³-hybridized carbons (Fsp3) is 0.923.